The molecule has 0 spiro atoms. The largest absolute Gasteiger partial charge is 0.383 e. The Labute approximate surface area is 86.9 Å². The number of hydrogen-bond donors (Lipinski definition) is 2. The Balaban J connectivity index is 3.65. The fourth-order valence-corrected chi connectivity index (χ4v) is 1.03. The van der Waals surface area contributed by atoms with Crippen LogP contribution < -0.4 is 11.1 Å². The minimum Gasteiger partial charge on any atom is -0.383 e. The van der Waals surface area contributed by atoms with Gasteiger partial charge in [0.1, 0.15) is 0 Å². The summed E-state index contributed by atoms with van der Waals surface area (Å²) in [6.45, 7) is 7.78. The summed E-state index contributed by atoms with van der Waals surface area (Å²) < 4.78 is 4.97. The maximum Gasteiger partial charge on any atom is 0.188 e. The standard InChI is InChI=1S/C10H23N3O/c1-8(2)5-6-12-10(11)13-9(3)7-14-4/h8-9H,5-7H2,1-4H3,(H3,11,12,13). The first kappa shape index (κ1) is 13.2. The first-order valence-corrected chi connectivity index (χ1v) is 5.11. The van der Waals surface area contributed by atoms with Gasteiger partial charge in [0.05, 0.1) is 6.61 Å². The summed E-state index contributed by atoms with van der Waals surface area (Å²) >= 11 is 0. The smallest absolute Gasteiger partial charge is 0.188 e. The van der Waals surface area contributed by atoms with Crippen LogP contribution in [0.2, 0.25) is 0 Å². The predicted octanol–water partition coefficient (Wildman–Crippen LogP) is 0.972. The van der Waals surface area contributed by atoms with E-state index in [0.29, 0.717) is 18.5 Å². The summed E-state index contributed by atoms with van der Waals surface area (Å²) in [6.07, 6.45) is 1.07. The number of methoxy groups -OCH3 is 1. The minimum absolute atomic E-state index is 0.211. The summed E-state index contributed by atoms with van der Waals surface area (Å²) in [4.78, 5) is 4.21. The van der Waals surface area contributed by atoms with Gasteiger partial charge in [0, 0.05) is 19.7 Å². The molecule has 0 heterocycles. The Morgan fingerprint density at radius 3 is 2.57 bits per heavy atom. The molecule has 0 aliphatic rings. The van der Waals surface area contributed by atoms with Gasteiger partial charge in [0.15, 0.2) is 5.96 Å². The molecule has 14 heavy (non-hydrogen) atoms. The first-order valence-electron chi connectivity index (χ1n) is 5.11. The zero-order valence-electron chi connectivity index (χ0n) is 9.71. The van der Waals surface area contributed by atoms with Crippen LogP contribution in [0.4, 0.5) is 0 Å². The van der Waals surface area contributed by atoms with Crippen LogP contribution in [0.1, 0.15) is 27.2 Å². The van der Waals surface area contributed by atoms with E-state index in [-0.39, 0.29) is 6.04 Å². The number of rotatable bonds is 6. The van der Waals surface area contributed by atoms with E-state index in [1.54, 1.807) is 7.11 Å². The van der Waals surface area contributed by atoms with Gasteiger partial charge >= 0.3 is 0 Å². The third-order valence-corrected chi connectivity index (χ3v) is 1.80. The van der Waals surface area contributed by atoms with E-state index in [9.17, 15) is 0 Å². The van der Waals surface area contributed by atoms with Crippen LogP contribution in [0.3, 0.4) is 0 Å². The number of nitrogens with zero attached hydrogens (tertiary/aromatic N) is 1. The average molecular weight is 201 g/mol. The third kappa shape index (κ3) is 7.86. The lowest BCUT2D eigenvalue weighted by molar-refractivity contribution is 0.179. The molecule has 0 aliphatic heterocycles. The van der Waals surface area contributed by atoms with Gasteiger partial charge in [-0.15, -0.1) is 0 Å². The van der Waals surface area contributed by atoms with Crippen LogP contribution in [-0.2, 0) is 4.74 Å². The zero-order chi connectivity index (χ0) is 11.0. The molecular weight excluding hydrogens is 178 g/mol. The summed E-state index contributed by atoms with van der Waals surface area (Å²) in [6, 6.07) is 0.211. The van der Waals surface area contributed by atoms with Crippen LogP contribution in [0.5, 0.6) is 0 Å². The number of hydrogen-bond acceptors (Lipinski definition) is 2. The van der Waals surface area contributed by atoms with Gasteiger partial charge in [-0.3, -0.25) is 4.99 Å². The Morgan fingerprint density at radius 1 is 1.43 bits per heavy atom. The van der Waals surface area contributed by atoms with E-state index in [2.05, 4.69) is 24.2 Å². The highest BCUT2D eigenvalue weighted by atomic mass is 16.5. The number of guanidine groups is 1. The number of aliphatic imine (C=N–C) groups is 1. The maximum atomic E-state index is 5.67. The molecule has 0 amide bonds. The molecule has 0 saturated heterocycles. The number of nitrogens with two attached hydrogens (primary N) is 1. The summed E-state index contributed by atoms with van der Waals surface area (Å²) in [5.41, 5.74) is 5.67. The van der Waals surface area contributed by atoms with Crippen LogP contribution in [0.25, 0.3) is 0 Å². The molecule has 0 fully saturated rings. The second-order valence-corrected chi connectivity index (χ2v) is 3.95. The Morgan fingerprint density at radius 2 is 2.07 bits per heavy atom. The van der Waals surface area contributed by atoms with Crippen molar-refractivity contribution in [3.05, 3.63) is 0 Å². The highest BCUT2D eigenvalue weighted by Crippen LogP contribution is 1.98. The molecule has 0 aromatic heterocycles. The molecule has 0 radical (unpaired) electrons. The lowest BCUT2D eigenvalue weighted by Crippen LogP contribution is -2.40. The summed E-state index contributed by atoms with van der Waals surface area (Å²) in [7, 11) is 1.67. The first-order chi connectivity index (χ1) is 6.56. The molecule has 0 bridgehead atoms. The lowest BCUT2D eigenvalue weighted by Gasteiger charge is -2.13. The van der Waals surface area contributed by atoms with Crippen molar-refractivity contribution in [2.45, 2.75) is 33.2 Å². The Hall–Kier alpha value is -0.770. The molecule has 0 aromatic carbocycles. The molecule has 3 N–H and O–H groups in total. The van der Waals surface area contributed by atoms with Crippen molar-refractivity contribution in [2.24, 2.45) is 16.6 Å². The van der Waals surface area contributed by atoms with Gasteiger partial charge < -0.3 is 15.8 Å². The Kier molecular flexibility index (Phi) is 7.20. The average Bonchev–Trinajstić information content (AvgIpc) is 2.03. The van der Waals surface area contributed by atoms with Gasteiger partial charge in [-0.05, 0) is 19.3 Å². The van der Waals surface area contributed by atoms with Crippen LogP contribution >= 0.6 is 0 Å². The second kappa shape index (κ2) is 7.62. The van der Waals surface area contributed by atoms with Gasteiger partial charge in [0.25, 0.3) is 0 Å². The van der Waals surface area contributed by atoms with Crippen LogP contribution in [-0.4, -0.2) is 32.3 Å². The van der Waals surface area contributed by atoms with Gasteiger partial charge in [-0.2, -0.15) is 0 Å². The van der Waals surface area contributed by atoms with Crippen molar-refractivity contribution in [3.8, 4) is 0 Å². The zero-order valence-corrected chi connectivity index (χ0v) is 9.71. The SMILES string of the molecule is COCC(C)NC(N)=NCCC(C)C. The predicted molar refractivity (Wildman–Crippen MR) is 60.4 cm³/mol. The lowest BCUT2D eigenvalue weighted by atomic mass is 10.1. The van der Waals surface area contributed by atoms with E-state index in [0.717, 1.165) is 13.0 Å². The second-order valence-electron chi connectivity index (χ2n) is 3.95. The van der Waals surface area contributed by atoms with Crippen molar-refractivity contribution < 1.29 is 4.74 Å². The van der Waals surface area contributed by atoms with Crippen molar-refractivity contribution >= 4 is 5.96 Å². The fraction of sp³-hybridized carbons (Fsp3) is 0.900. The van der Waals surface area contributed by atoms with Crippen LogP contribution in [0, 0.1) is 5.92 Å². The van der Waals surface area contributed by atoms with Crippen molar-refractivity contribution in [3.63, 3.8) is 0 Å². The molecular formula is C10H23N3O. The molecule has 0 aromatic rings. The molecule has 1 atom stereocenters. The number of ether oxygens (including phenoxy) is 1. The van der Waals surface area contributed by atoms with Gasteiger partial charge in [-0.1, -0.05) is 13.8 Å². The third-order valence-electron chi connectivity index (χ3n) is 1.80. The van der Waals surface area contributed by atoms with Gasteiger partial charge in [-0.25, -0.2) is 0 Å². The van der Waals surface area contributed by atoms with E-state index >= 15 is 0 Å². The van der Waals surface area contributed by atoms with Crippen molar-refractivity contribution in [2.75, 3.05) is 20.3 Å². The molecule has 0 saturated carbocycles. The van der Waals surface area contributed by atoms with E-state index in [4.69, 9.17) is 10.5 Å². The highest BCUT2D eigenvalue weighted by molar-refractivity contribution is 5.78. The summed E-state index contributed by atoms with van der Waals surface area (Å²) in [5, 5.41) is 3.06. The van der Waals surface area contributed by atoms with Crippen molar-refractivity contribution in [1.29, 1.82) is 0 Å². The van der Waals surface area contributed by atoms with Gasteiger partial charge in [0.2, 0.25) is 0 Å². The molecule has 84 valence electrons. The van der Waals surface area contributed by atoms with Crippen LogP contribution in [0.15, 0.2) is 4.99 Å². The molecule has 4 nitrogen and oxygen atoms in total. The highest BCUT2D eigenvalue weighted by Gasteiger charge is 2.01. The molecule has 1 unspecified atom stereocenters. The molecule has 0 rings (SSSR count). The normalized spacial score (nSPS) is 14.5. The summed E-state index contributed by atoms with van der Waals surface area (Å²) in [5.74, 6) is 1.18. The quantitative estimate of drug-likeness (QED) is 0.497. The topological polar surface area (TPSA) is 59.6 Å². The van der Waals surface area contributed by atoms with Crippen molar-refractivity contribution in [1.82, 2.24) is 5.32 Å². The maximum absolute atomic E-state index is 5.67. The van der Waals surface area contributed by atoms with E-state index < -0.39 is 0 Å². The fourth-order valence-electron chi connectivity index (χ4n) is 1.03. The van der Waals surface area contributed by atoms with E-state index in [1.165, 1.54) is 0 Å². The minimum atomic E-state index is 0.211. The molecule has 0 aliphatic carbocycles. The van der Waals surface area contributed by atoms with E-state index in [1.807, 2.05) is 6.92 Å². The monoisotopic (exact) mass is 201 g/mol. The Bertz CT molecular complexity index is 169. The molecule has 4 heteroatoms. The number of nitrogens with one attached hydrogen (secondary N) is 1.